The van der Waals surface area contributed by atoms with Gasteiger partial charge in [-0.05, 0) is 90.5 Å². The van der Waals surface area contributed by atoms with Gasteiger partial charge in [0.1, 0.15) is 24.1 Å². The van der Waals surface area contributed by atoms with Crippen LogP contribution in [0.1, 0.15) is 64.7 Å². The predicted molar refractivity (Wildman–Crippen MR) is 107 cm³/mol. The number of amides is 1. The summed E-state index contributed by atoms with van der Waals surface area (Å²) in [4.78, 5) is 14.1. The fourth-order valence-electron chi connectivity index (χ4n) is 3.65. The first-order valence-electron chi connectivity index (χ1n) is 9.94. The molecular formula is C22H35NO4. The number of ether oxygens (including phenoxy) is 2. The van der Waals surface area contributed by atoms with E-state index in [4.69, 9.17) is 9.47 Å². The van der Waals surface area contributed by atoms with Crippen molar-refractivity contribution in [3.63, 3.8) is 0 Å². The Kier molecular flexibility index (Phi) is 6.79. The number of rotatable bonds is 6. The number of aliphatic hydroxyl groups is 1. The Balaban J connectivity index is 2.04. The molecule has 0 spiro atoms. The van der Waals surface area contributed by atoms with Crippen LogP contribution in [0.15, 0.2) is 12.1 Å². The zero-order valence-electron chi connectivity index (χ0n) is 17.8. The van der Waals surface area contributed by atoms with Crippen LogP contribution in [-0.4, -0.2) is 46.5 Å². The molecule has 1 aliphatic carbocycles. The quantitative estimate of drug-likeness (QED) is 0.805. The van der Waals surface area contributed by atoms with E-state index in [9.17, 15) is 9.90 Å². The minimum atomic E-state index is -0.807. The van der Waals surface area contributed by atoms with Gasteiger partial charge in [-0.15, -0.1) is 0 Å². The number of carbonyl (C=O) groups is 1. The first-order chi connectivity index (χ1) is 12.5. The summed E-state index contributed by atoms with van der Waals surface area (Å²) in [6.07, 6.45) is 2.04. The van der Waals surface area contributed by atoms with Gasteiger partial charge in [-0.1, -0.05) is 6.07 Å². The van der Waals surface area contributed by atoms with Gasteiger partial charge < -0.3 is 19.5 Å². The van der Waals surface area contributed by atoms with Crippen molar-refractivity contribution in [2.75, 3.05) is 6.61 Å². The summed E-state index contributed by atoms with van der Waals surface area (Å²) < 4.78 is 11.5. The number of aryl methyl sites for hydroxylation is 1. The minimum Gasteiger partial charge on any atom is -0.491 e. The first kappa shape index (κ1) is 21.5. The largest absolute Gasteiger partial charge is 0.491 e. The fourth-order valence-corrected chi connectivity index (χ4v) is 3.65. The third kappa shape index (κ3) is 5.38. The molecule has 27 heavy (non-hydrogen) atoms. The predicted octanol–water partition coefficient (Wildman–Crippen LogP) is 4.26. The van der Waals surface area contributed by atoms with E-state index in [0.29, 0.717) is 0 Å². The summed E-state index contributed by atoms with van der Waals surface area (Å²) in [6.45, 7) is 13.5. The third-order valence-electron chi connectivity index (χ3n) is 5.04. The molecule has 0 unspecified atom stereocenters. The Hall–Kier alpha value is -1.75. The number of fused-ring (bicyclic) bond motifs is 1. The van der Waals surface area contributed by atoms with Gasteiger partial charge in [-0.25, -0.2) is 4.79 Å². The van der Waals surface area contributed by atoms with Gasteiger partial charge in [-0.3, -0.25) is 0 Å². The highest BCUT2D eigenvalue weighted by Crippen LogP contribution is 2.33. The number of hydrogen-bond donors (Lipinski definition) is 1. The summed E-state index contributed by atoms with van der Waals surface area (Å²) >= 11 is 0. The summed E-state index contributed by atoms with van der Waals surface area (Å²) in [7, 11) is 0. The van der Waals surface area contributed by atoms with Crippen LogP contribution in [0.4, 0.5) is 4.79 Å². The van der Waals surface area contributed by atoms with Gasteiger partial charge in [-0.2, -0.15) is 0 Å². The number of carbonyl (C=O) groups excluding carboxylic acids is 1. The molecule has 152 valence electrons. The van der Waals surface area contributed by atoms with Crippen molar-refractivity contribution in [2.24, 2.45) is 0 Å². The van der Waals surface area contributed by atoms with E-state index in [1.54, 1.807) is 4.90 Å². The Bertz CT molecular complexity index is 663. The van der Waals surface area contributed by atoms with Gasteiger partial charge in [0.2, 0.25) is 0 Å². The second-order valence-corrected chi connectivity index (χ2v) is 8.79. The van der Waals surface area contributed by atoms with Gasteiger partial charge in [0, 0.05) is 6.04 Å². The molecule has 1 N–H and O–H groups in total. The first-order valence-corrected chi connectivity index (χ1v) is 9.94. The number of aliphatic hydroxyl groups excluding tert-OH is 1. The third-order valence-corrected chi connectivity index (χ3v) is 5.04. The van der Waals surface area contributed by atoms with Crippen molar-refractivity contribution in [3.05, 3.63) is 28.8 Å². The molecule has 0 bridgehead atoms. The van der Waals surface area contributed by atoms with Crippen LogP contribution < -0.4 is 4.74 Å². The molecule has 1 aromatic carbocycles. The van der Waals surface area contributed by atoms with E-state index in [0.717, 1.165) is 25.0 Å². The maximum absolute atomic E-state index is 12.6. The van der Waals surface area contributed by atoms with Crippen LogP contribution in [0.2, 0.25) is 0 Å². The van der Waals surface area contributed by atoms with Gasteiger partial charge >= 0.3 is 6.09 Å². The normalized spacial score (nSPS) is 16.0. The van der Waals surface area contributed by atoms with Crippen molar-refractivity contribution in [1.29, 1.82) is 0 Å². The van der Waals surface area contributed by atoms with Crippen LogP contribution in [0.5, 0.6) is 5.75 Å². The molecule has 1 aromatic rings. The van der Waals surface area contributed by atoms with E-state index in [2.05, 4.69) is 13.0 Å². The second-order valence-electron chi connectivity index (χ2n) is 8.79. The molecule has 0 saturated heterocycles. The van der Waals surface area contributed by atoms with Crippen LogP contribution >= 0.6 is 0 Å². The van der Waals surface area contributed by atoms with Crippen molar-refractivity contribution in [3.8, 4) is 5.75 Å². The molecule has 0 fully saturated rings. The molecule has 2 rings (SSSR count). The maximum Gasteiger partial charge on any atom is 0.410 e. The topological polar surface area (TPSA) is 59.0 Å². The lowest BCUT2D eigenvalue weighted by Crippen LogP contribution is -2.52. The van der Waals surface area contributed by atoms with Crippen LogP contribution in [0.3, 0.4) is 0 Å². The molecule has 2 atom stereocenters. The molecule has 1 aliphatic rings. The summed E-state index contributed by atoms with van der Waals surface area (Å²) in [5, 5.41) is 10.7. The molecule has 0 aromatic heterocycles. The zero-order chi connectivity index (χ0) is 20.4. The van der Waals surface area contributed by atoms with Crippen molar-refractivity contribution >= 4 is 6.09 Å². The molecule has 1 amide bonds. The summed E-state index contributed by atoms with van der Waals surface area (Å²) in [6, 6.07) is 3.56. The highest BCUT2D eigenvalue weighted by molar-refractivity contribution is 5.69. The second kappa shape index (κ2) is 8.51. The Morgan fingerprint density at radius 3 is 2.41 bits per heavy atom. The van der Waals surface area contributed by atoms with E-state index < -0.39 is 23.8 Å². The van der Waals surface area contributed by atoms with Gasteiger partial charge in [0.15, 0.2) is 0 Å². The van der Waals surface area contributed by atoms with E-state index in [1.165, 1.54) is 16.7 Å². The lowest BCUT2D eigenvalue weighted by molar-refractivity contribution is -0.0202. The zero-order valence-corrected chi connectivity index (χ0v) is 17.8. The molecule has 0 saturated carbocycles. The van der Waals surface area contributed by atoms with E-state index in [1.807, 2.05) is 47.6 Å². The molecule has 0 aliphatic heterocycles. The van der Waals surface area contributed by atoms with Crippen molar-refractivity contribution in [2.45, 2.75) is 91.5 Å². The molecule has 5 heteroatoms. The number of hydrogen-bond acceptors (Lipinski definition) is 4. The van der Waals surface area contributed by atoms with Crippen molar-refractivity contribution < 1.29 is 19.4 Å². The fraction of sp³-hybridized carbons (Fsp3) is 0.682. The van der Waals surface area contributed by atoms with E-state index in [-0.39, 0.29) is 12.6 Å². The molecule has 0 heterocycles. The van der Waals surface area contributed by atoms with Crippen LogP contribution in [-0.2, 0) is 17.6 Å². The average Bonchev–Trinajstić information content (AvgIpc) is 3.02. The molecule has 0 radical (unpaired) electrons. The van der Waals surface area contributed by atoms with Gasteiger partial charge in [0.05, 0.1) is 6.04 Å². The van der Waals surface area contributed by atoms with Crippen molar-refractivity contribution in [1.82, 2.24) is 4.90 Å². The SMILES string of the molecule is Cc1ccc(OC[C@@H](O)[C@H](C)N(C(=O)OC(C)(C)C)C(C)C)c2c1CCC2. The maximum atomic E-state index is 12.6. The Morgan fingerprint density at radius 2 is 1.81 bits per heavy atom. The average molecular weight is 378 g/mol. The lowest BCUT2D eigenvalue weighted by Gasteiger charge is -2.36. The highest BCUT2D eigenvalue weighted by atomic mass is 16.6. The lowest BCUT2D eigenvalue weighted by atomic mass is 10.0. The van der Waals surface area contributed by atoms with Crippen LogP contribution in [0, 0.1) is 6.92 Å². The number of nitrogens with zero attached hydrogens (tertiary/aromatic N) is 1. The Morgan fingerprint density at radius 1 is 1.19 bits per heavy atom. The molecular weight excluding hydrogens is 342 g/mol. The number of benzene rings is 1. The smallest absolute Gasteiger partial charge is 0.410 e. The highest BCUT2D eigenvalue weighted by Gasteiger charge is 2.32. The minimum absolute atomic E-state index is 0.0897. The monoisotopic (exact) mass is 377 g/mol. The summed E-state index contributed by atoms with van der Waals surface area (Å²) in [5.41, 5.74) is 3.38. The summed E-state index contributed by atoms with van der Waals surface area (Å²) in [5.74, 6) is 0.854. The molecule has 5 nitrogen and oxygen atoms in total. The van der Waals surface area contributed by atoms with Crippen LogP contribution in [0.25, 0.3) is 0 Å². The van der Waals surface area contributed by atoms with E-state index >= 15 is 0 Å². The van der Waals surface area contributed by atoms with Gasteiger partial charge in [0.25, 0.3) is 0 Å². The Labute approximate surface area is 163 Å². The standard InChI is InChI=1S/C22H35NO4/c1-14(2)23(21(25)27-22(5,6)7)16(4)19(24)13-26-20-12-11-15(3)17-9-8-10-18(17)20/h11-12,14,16,19,24H,8-10,13H2,1-7H3/t16-,19+/m0/s1.